The van der Waals surface area contributed by atoms with Gasteiger partial charge in [0.2, 0.25) is 15.9 Å². The Hall–Kier alpha value is -3.35. The van der Waals surface area contributed by atoms with E-state index in [1.165, 1.54) is 33.5 Å². The number of carbonyl (C=O) groups excluding carboxylic acids is 3. The predicted octanol–water partition coefficient (Wildman–Crippen LogP) is 1.49. The third kappa shape index (κ3) is 8.61. The minimum atomic E-state index is -3.59. The molecule has 1 aliphatic heterocycles. The average molecular weight is 550 g/mol. The van der Waals surface area contributed by atoms with E-state index in [0.29, 0.717) is 32.7 Å². The monoisotopic (exact) mass is 549 g/mol. The smallest absolute Gasteiger partial charge is 0.306 e. The Morgan fingerprint density at radius 2 is 1.66 bits per heavy atom. The number of hydrogen-bond donors (Lipinski definition) is 1. The quantitative estimate of drug-likeness (QED) is 0.398. The third-order valence-electron chi connectivity index (χ3n) is 5.98. The van der Waals surface area contributed by atoms with Crippen molar-refractivity contribution in [1.82, 2.24) is 14.5 Å². The van der Waals surface area contributed by atoms with Crippen LogP contribution >= 0.6 is 0 Å². The number of nitrogens with one attached hydrogen (secondary N) is 1. The van der Waals surface area contributed by atoms with Crippen molar-refractivity contribution in [3.8, 4) is 0 Å². The van der Waals surface area contributed by atoms with E-state index in [-0.39, 0.29) is 36.8 Å². The summed E-state index contributed by atoms with van der Waals surface area (Å²) in [5.74, 6) is -1.85. The van der Waals surface area contributed by atoms with Crippen molar-refractivity contribution in [3.63, 3.8) is 0 Å². The van der Waals surface area contributed by atoms with Crippen molar-refractivity contribution in [2.45, 2.75) is 31.2 Å². The molecule has 2 amide bonds. The number of esters is 1. The van der Waals surface area contributed by atoms with Crippen LogP contribution in [0.1, 0.15) is 24.5 Å². The van der Waals surface area contributed by atoms with Crippen LogP contribution in [0.15, 0.2) is 53.4 Å². The van der Waals surface area contributed by atoms with E-state index in [9.17, 15) is 27.2 Å². The van der Waals surface area contributed by atoms with Crippen LogP contribution < -0.4 is 5.32 Å². The van der Waals surface area contributed by atoms with Crippen LogP contribution in [0.2, 0.25) is 0 Å². The molecule has 1 aliphatic rings. The van der Waals surface area contributed by atoms with Crippen molar-refractivity contribution < 1.29 is 36.7 Å². The second kappa shape index (κ2) is 14.0. The van der Waals surface area contributed by atoms with Crippen molar-refractivity contribution in [2.24, 2.45) is 0 Å². The molecular formula is C26H32FN3O7S. The fraction of sp³-hybridized carbons (Fsp3) is 0.423. The molecule has 0 aromatic heterocycles. The minimum Gasteiger partial charge on any atom is -0.456 e. The fourth-order valence-electron chi connectivity index (χ4n) is 3.72. The molecule has 0 spiro atoms. The highest BCUT2D eigenvalue weighted by atomic mass is 32.2. The number of rotatable bonds is 12. The second-order valence-corrected chi connectivity index (χ2v) is 10.6. The number of likely N-dealkylation sites (N-methyl/N-ethyl adjacent to an activating group) is 1. The van der Waals surface area contributed by atoms with Crippen LogP contribution in [0, 0.1) is 5.82 Å². The zero-order chi connectivity index (χ0) is 27.5. The molecule has 0 unspecified atom stereocenters. The highest BCUT2D eigenvalue weighted by Crippen LogP contribution is 2.18. The van der Waals surface area contributed by atoms with Gasteiger partial charge in [-0.2, -0.15) is 4.31 Å². The molecule has 12 heteroatoms. The highest BCUT2D eigenvalue weighted by molar-refractivity contribution is 7.89. The van der Waals surface area contributed by atoms with Crippen LogP contribution in [0.4, 0.5) is 4.39 Å². The molecule has 3 rings (SSSR count). The van der Waals surface area contributed by atoms with Gasteiger partial charge in [-0.15, -0.1) is 0 Å². The summed E-state index contributed by atoms with van der Waals surface area (Å²) in [7, 11) is -3.59. The predicted molar refractivity (Wildman–Crippen MR) is 136 cm³/mol. The molecular weight excluding hydrogens is 517 g/mol. The lowest BCUT2D eigenvalue weighted by Gasteiger charge is -2.26. The molecule has 2 aromatic carbocycles. The number of ether oxygens (including phenoxy) is 2. The largest absolute Gasteiger partial charge is 0.456 e. The van der Waals surface area contributed by atoms with E-state index >= 15 is 0 Å². The normalized spacial score (nSPS) is 14.1. The summed E-state index contributed by atoms with van der Waals surface area (Å²) in [5, 5.41) is 2.66. The fourth-order valence-corrected chi connectivity index (χ4v) is 5.13. The maximum absolute atomic E-state index is 13.0. The van der Waals surface area contributed by atoms with Gasteiger partial charge in [0.15, 0.2) is 6.61 Å². The summed E-state index contributed by atoms with van der Waals surface area (Å²) in [6, 6.07) is 12.0. The van der Waals surface area contributed by atoms with Crippen molar-refractivity contribution in [1.29, 1.82) is 0 Å². The van der Waals surface area contributed by atoms with E-state index in [2.05, 4.69) is 5.32 Å². The van der Waals surface area contributed by atoms with Gasteiger partial charge in [-0.05, 0) is 48.7 Å². The van der Waals surface area contributed by atoms with Gasteiger partial charge in [0.1, 0.15) is 5.82 Å². The molecule has 0 aliphatic carbocycles. The standard InChI is InChI=1S/C26H32FN3O7S/c1-2-29(18-24(31)28-17-21-3-8-22(27)9-4-21)25(32)19-37-26(33)12-7-20-5-10-23(11-6-20)38(34,35)30-13-15-36-16-14-30/h3-6,8-11H,2,7,12-19H2,1H3,(H,28,31). The average Bonchev–Trinajstić information content (AvgIpc) is 2.93. The number of carbonyl (C=O) groups is 3. The molecule has 1 N–H and O–H groups in total. The van der Waals surface area contributed by atoms with Crippen LogP contribution in [-0.4, -0.2) is 81.4 Å². The first-order valence-corrected chi connectivity index (χ1v) is 13.7. The first-order valence-electron chi connectivity index (χ1n) is 12.3. The lowest BCUT2D eigenvalue weighted by molar-refractivity contribution is -0.152. The van der Waals surface area contributed by atoms with Gasteiger partial charge in [0, 0.05) is 32.6 Å². The highest BCUT2D eigenvalue weighted by Gasteiger charge is 2.26. The molecule has 0 bridgehead atoms. The molecule has 0 atom stereocenters. The summed E-state index contributed by atoms with van der Waals surface area (Å²) < 4.78 is 50.0. The minimum absolute atomic E-state index is 0.00707. The van der Waals surface area contributed by atoms with E-state index in [1.807, 2.05) is 0 Å². The van der Waals surface area contributed by atoms with Gasteiger partial charge < -0.3 is 19.7 Å². The van der Waals surface area contributed by atoms with Gasteiger partial charge in [-0.1, -0.05) is 24.3 Å². The molecule has 206 valence electrons. The Kier molecular flexibility index (Phi) is 10.7. The summed E-state index contributed by atoms with van der Waals surface area (Å²) >= 11 is 0. The Morgan fingerprint density at radius 3 is 2.29 bits per heavy atom. The molecule has 10 nitrogen and oxygen atoms in total. The summed E-state index contributed by atoms with van der Waals surface area (Å²) in [6.07, 6.45) is 0.321. The number of hydrogen-bond acceptors (Lipinski definition) is 7. The summed E-state index contributed by atoms with van der Waals surface area (Å²) in [4.78, 5) is 38.2. The van der Waals surface area contributed by atoms with Gasteiger partial charge in [-0.3, -0.25) is 14.4 Å². The number of nitrogens with zero attached hydrogens (tertiary/aromatic N) is 2. The summed E-state index contributed by atoms with van der Waals surface area (Å²) in [5.41, 5.74) is 1.47. The number of sulfonamides is 1. The zero-order valence-corrected chi connectivity index (χ0v) is 22.0. The van der Waals surface area contributed by atoms with E-state index in [1.54, 1.807) is 31.2 Å². The number of benzene rings is 2. The SMILES string of the molecule is CCN(CC(=O)NCc1ccc(F)cc1)C(=O)COC(=O)CCc1ccc(S(=O)(=O)N2CCOCC2)cc1. The molecule has 1 fully saturated rings. The summed E-state index contributed by atoms with van der Waals surface area (Å²) in [6.45, 7) is 2.80. The lowest BCUT2D eigenvalue weighted by Crippen LogP contribution is -2.42. The van der Waals surface area contributed by atoms with Crippen molar-refractivity contribution in [3.05, 3.63) is 65.5 Å². The van der Waals surface area contributed by atoms with Gasteiger partial charge in [0.05, 0.1) is 24.7 Å². The molecule has 2 aromatic rings. The maximum Gasteiger partial charge on any atom is 0.306 e. The Morgan fingerprint density at radius 1 is 1.03 bits per heavy atom. The van der Waals surface area contributed by atoms with E-state index in [4.69, 9.17) is 9.47 Å². The van der Waals surface area contributed by atoms with Gasteiger partial charge in [0.25, 0.3) is 5.91 Å². The van der Waals surface area contributed by atoms with Crippen LogP contribution in [0.5, 0.6) is 0 Å². The number of morpholine rings is 1. The Balaban J connectivity index is 1.39. The van der Waals surface area contributed by atoms with Crippen molar-refractivity contribution in [2.75, 3.05) is 46.0 Å². The van der Waals surface area contributed by atoms with Crippen molar-refractivity contribution >= 4 is 27.8 Å². The number of amides is 2. The molecule has 1 heterocycles. The second-order valence-electron chi connectivity index (χ2n) is 8.63. The topological polar surface area (TPSA) is 122 Å². The zero-order valence-electron chi connectivity index (χ0n) is 21.2. The first kappa shape index (κ1) is 29.2. The van der Waals surface area contributed by atoms with Crippen LogP contribution in [0.25, 0.3) is 0 Å². The van der Waals surface area contributed by atoms with Crippen LogP contribution in [-0.2, 0) is 46.8 Å². The van der Waals surface area contributed by atoms with Gasteiger partial charge in [-0.25, -0.2) is 12.8 Å². The number of halogens is 1. The first-order chi connectivity index (χ1) is 18.2. The van der Waals surface area contributed by atoms with E-state index < -0.39 is 34.4 Å². The van der Waals surface area contributed by atoms with Crippen LogP contribution in [0.3, 0.4) is 0 Å². The molecule has 0 saturated carbocycles. The van der Waals surface area contributed by atoms with Gasteiger partial charge >= 0.3 is 5.97 Å². The third-order valence-corrected chi connectivity index (χ3v) is 7.89. The maximum atomic E-state index is 13.0. The Bertz CT molecular complexity index is 1200. The Labute approximate surface area is 221 Å². The van der Waals surface area contributed by atoms with E-state index in [0.717, 1.165) is 11.1 Å². The molecule has 38 heavy (non-hydrogen) atoms. The molecule has 1 saturated heterocycles. The lowest BCUT2D eigenvalue weighted by atomic mass is 10.1. The molecule has 0 radical (unpaired) electrons. The number of aryl methyl sites for hydroxylation is 1.